The molecule has 124 valence electrons. The van der Waals surface area contributed by atoms with E-state index >= 15 is 0 Å². The first-order valence-electron chi connectivity index (χ1n) is 7.50. The van der Waals surface area contributed by atoms with Gasteiger partial charge in [0.2, 0.25) is 0 Å². The molecule has 1 unspecified atom stereocenters. The number of aliphatic hydroxyl groups is 1. The highest BCUT2D eigenvalue weighted by Gasteiger charge is 2.32. The molecular weight excluding hydrogens is 318 g/mol. The van der Waals surface area contributed by atoms with E-state index < -0.39 is 6.09 Å². The summed E-state index contributed by atoms with van der Waals surface area (Å²) in [4.78, 5) is 20.1. The van der Waals surface area contributed by atoms with Crippen LogP contribution in [0, 0.1) is 0 Å². The van der Waals surface area contributed by atoms with Crippen molar-refractivity contribution in [2.75, 3.05) is 49.1 Å². The van der Waals surface area contributed by atoms with Crippen molar-refractivity contribution in [1.82, 2.24) is 15.6 Å². The fourth-order valence-corrected chi connectivity index (χ4v) is 2.74. The van der Waals surface area contributed by atoms with Crippen molar-refractivity contribution in [2.24, 2.45) is 0 Å². The third-order valence-corrected chi connectivity index (χ3v) is 3.98. The normalized spacial score (nSPS) is 21.2. The van der Waals surface area contributed by atoms with Crippen molar-refractivity contribution < 1.29 is 14.6 Å². The number of ether oxygens (including phenoxy) is 1. The van der Waals surface area contributed by atoms with Crippen molar-refractivity contribution in [1.29, 1.82) is 0 Å². The van der Waals surface area contributed by atoms with Gasteiger partial charge in [0.15, 0.2) is 0 Å². The largest absolute Gasteiger partial charge is 0.487 e. The van der Waals surface area contributed by atoms with Gasteiger partial charge in [-0.1, -0.05) is 0 Å². The summed E-state index contributed by atoms with van der Waals surface area (Å²) in [5.74, 6) is 0.909. The van der Waals surface area contributed by atoms with Crippen LogP contribution >= 0.6 is 12.2 Å². The number of amides is 1. The number of carbonyl (C=O) groups is 1. The summed E-state index contributed by atoms with van der Waals surface area (Å²) >= 11 is 4.53. The fourth-order valence-electron chi connectivity index (χ4n) is 2.66. The Kier molecular flexibility index (Phi) is 4.77. The van der Waals surface area contributed by atoms with Gasteiger partial charge in [-0.05, 0) is 24.4 Å². The minimum atomic E-state index is -0.419. The van der Waals surface area contributed by atoms with Gasteiger partial charge in [0.05, 0.1) is 25.0 Å². The van der Waals surface area contributed by atoms with E-state index in [4.69, 9.17) is 9.84 Å². The van der Waals surface area contributed by atoms with Gasteiger partial charge in [0.1, 0.15) is 11.9 Å². The minimum Gasteiger partial charge on any atom is -0.487 e. The molecule has 2 aliphatic heterocycles. The topological polar surface area (TPSA) is 90.0 Å². The highest BCUT2D eigenvalue weighted by Crippen LogP contribution is 2.23. The predicted octanol–water partition coefficient (Wildman–Crippen LogP) is 0.249. The second-order valence-corrected chi connectivity index (χ2v) is 5.80. The molecule has 1 atom stereocenters. The number of rotatable bonds is 4. The number of nitrogens with one attached hydrogen (secondary N) is 2. The van der Waals surface area contributed by atoms with Crippen LogP contribution in [-0.2, 0) is 4.74 Å². The molecule has 0 radical (unpaired) electrons. The molecule has 1 aromatic rings. The zero-order valence-electron chi connectivity index (χ0n) is 12.6. The molecule has 2 saturated heterocycles. The number of hydrogen-bond acceptors (Lipinski definition) is 6. The van der Waals surface area contributed by atoms with Gasteiger partial charge in [0, 0.05) is 26.2 Å². The van der Waals surface area contributed by atoms with Gasteiger partial charge in [-0.2, -0.15) is 0 Å². The third kappa shape index (κ3) is 3.80. The summed E-state index contributed by atoms with van der Waals surface area (Å²) in [5, 5.41) is 14.5. The van der Waals surface area contributed by atoms with E-state index in [-0.39, 0.29) is 17.8 Å². The number of aromatic nitrogens is 1. The summed E-state index contributed by atoms with van der Waals surface area (Å²) in [6.07, 6.45) is 0.906. The highest BCUT2D eigenvalue weighted by molar-refractivity contribution is 7.79. The van der Waals surface area contributed by atoms with E-state index in [2.05, 4.69) is 32.7 Å². The van der Waals surface area contributed by atoms with E-state index in [1.807, 2.05) is 12.1 Å². The number of hydrogen-bond donors (Lipinski definition) is 3. The van der Waals surface area contributed by atoms with E-state index in [0.717, 1.165) is 32.0 Å². The van der Waals surface area contributed by atoms with Crippen LogP contribution in [-0.4, -0.2) is 66.7 Å². The lowest BCUT2D eigenvalue weighted by molar-refractivity contribution is 0.142. The molecule has 0 spiro atoms. The molecule has 23 heavy (non-hydrogen) atoms. The number of carbonyl (C=O) groups excluding carboxylic acids is 1. The van der Waals surface area contributed by atoms with Crippen molar-refractivity contribution in [3.63, 3.8) is 0 Å². The summed E-state index contributed by atoms with van der Waals surface area (Å²) < 4.78 is 5.23. The second kappa shape index (κ2) is 6.97. The van der Waals surface area contributed by atoms with Crippen LogP contribution in [0.3, 0.4) is 0 Å². The second-order valence-electron chi connectivity index (χ2n) is 5.41. The van der Waals surface area contributed by atoms with E-state index in [9.17, 15) is 4.79 Å². The Balaban J connectivity index is 1.62. The smallest absolute Gasteiger partial charge is 0.414 e. The lowest BCUT2D eigenvalue weighted by atomic mass is 10.3. The zero-order valence-corrected chi connectivity index (χ0v) is 13.4. The minimum absolute atomic E-state index is 0.282. The number of cyclic esters (lactones) is 1. The Morgan fingerprint density at radius 1 is 1.48 bits per heavy atom. The molecule has 0 saturated carbocycles. The molecule has 3 rings (SSSR count). The number of anilines is 2. The van der Waals surface area contributed by atoms with Crippen LogP contribution in [0.5, 0.6) is 0 Å². The maximum absolute atomic E-state index is 12.0. The van der Waals surface area contributed by atoms with Gasteiger partial charge < -0.3 is 25.4 Å². The molecule has 1 amide bonds. The zero-order chi connectivity index (χ0) is 16.2. The van der Waals surface area contributed by atoms with Gasteiger partial charge in [-0.25, -0.2) is 9.78 Å². The van der Waals surface area contributed by atoms with E-state index in [1.165, 1.54) is 4.90 Å². The van der Waals surface area contributed by atoms with Crippen LogP contribution in [0.25, 0.3) is 0 Å². The fraction of sp³-hybridized carbons (Fsp3) is 0.500. The maximum atomic E-state index is 12.0. The van der Waals surface area contributed by atoms with Crippen LogP contribution in [0.1, 0.15) is 0 Å². The average Bonchev–Trinajstić information content (AvgIpc) is 2.95. The van der Waals surface area contributed by atoms with E-state index in [1.54, 1.807) is 6.20 Å². The van der Waals surface area contributed by atoms with Crippen molar-refractivity contribution >= 4 is 35.0 Å². The van der Waals surface area contributed by atoms with Gasteiger partial charge in [-0.15, -0.1) is 0 Å². The summed E-state index contributed by atoms with van der Waals surface area (Å²) in [7, 11) is 0. The van der Waals surface area contributed by atoms with Crippen LogP contribution in [0.4, 0.5) is 16.3 Å². The standard InChI is InChI=1S/C14H19N5O3S/c20-13(23)17-8-11-9-19(14(21)22-11)10-1-2-12(16-7-10)18-5-3-15-4-6-18/h1-2,7,11,15H,3-6,8-9H2,(H2,17,20,23). The molecule has 8 nitrogen and oxygen atoms in total. The third-order valence-electron chi connectivity index (χ3n) is 3.84. The number of aliphatic hydroxyl groups excluding tert-OH is 1. The van der Waals surface area contributed by atoms with E-state index in [0.29, 0.717) is 12.2 Å². The monoisotopic (exact) mass is 337 g/mol. The van der Waals surface area contributed by atoms with Crippen LogP contribution in [0.2, 0.25) is 0 Å². The molecule has 0 aliphatic carbocycles. The number of nitrogens with zero attached hydrogens (tertiary/aromatic N) is 3. The molecule has 2 aliphatic rings. The number of piperazine rings is 1. The first-order chi connectivity index (χ1) is 11.1. The Bertz CT molecular complexity index is 576. The first-order valence-corrected chi connectivity index (χ1v) is 7.91. The Morgan fingerprint density at radius 2 is 2.26 bits per heavy atom. The maximum Gasteiger partial charge on any atom is 0.414 e. The highest BCUT2D eigenvalue weighted by atomic mass is 32.1. The van der Waals surface area contributed by atoms with Crippen LogP contribution < -0.4 is 20.4 Å². The molecule has 9 heteroatoms. The Labute approximate surface area is 139 Å². The SMILES string of the molecule is O=C1OC(CNC(O)=S)CN1c1ccc(N2CCNCC2)nc1. The Morgan fingerprint density at radius 3 is 2.91 bits per heavy atom. The first kappa shape index (κ1) is 15.8. The quantitative estimate of drug-likeness (QED) is 0.674. The van der Waals surface area contributed by atoms with Gasteiger partial charge in [-0.3, -0.25) is 4.90 Å². The molecule has 0 aromatic carbocycles. The molecule has 3 N–H and O–H groups in total. The molecule has 1 aromatic heterocycles. The van der Waals surface area contributed by atoms with Gasteiger partial charge >= 0.3 is 6.09 Å². The summed E-state index contributed by atoms with van der Waals surface area (Å²) in [5.41, 5.74) is 0.697. The molecular formula is C14H19N5O3S. The number of pyridine rings is 1. The predicted molar refractivity (Wildman–Crippen MR) is 90.2 cm³/mol. The summed E-state index contributed by atoms with van der Waals surface area (Å²) in [6.45, 7) is 4.42. The van der Waals surface area contributed by atoms with Crippen LogP contribution in [0.15, 0.2) is 18.3 Å². The molecule has 3 heterocycles. The Hall–Kier alpha value is -2.13. The van der Waals surface area contributed by atoms with Gasteiger partial charge in [0.25, 0.3) is 5.17 Å². The van der Waals surface area contributed by atoms with Crippen molar-refractivity contribution in [2.45, 2.75) is 6.10 Å². The lowest BCUT2D eigenvalue weighted by Crippen LogP contribution is -2.43. The number of thiocarbonyl (C=S) groups is 1. The average molecular weight is 337 g/mol. The van der Waals surface area contributed by atoms with Crippen molar-refractivity contribution in [3.8, 4) is 0 Å². The van der Waals surface area contributed by atoms with Crippen molar-refractivity contribution in [3.05, 3.63) is 18.3 Å². The molecule has 2 fully saturated rings. The summed E-state index contributed by atoms with van der Waals surface area (Å²) in [6, 6.07) is 3.79. The molecule has 0 bridgehead atoms. The lowest BCUT2D eigenvalue weighted by Gasteiger charge is -2.28.